The van der Waals surface area contributed by atoms with Crippen molar-refractivity contribution in [3.8, 4) is 17.2 Å². The number of carboxylic acids is 1. The number of amides is 1. The third-order valence-corrected chi connectivity index (χ3v) is 6.86. The Kier molecular flexibility index (Phi) is 6.24. The number of nitrogens with zero attached hydrogens (tertiary/aromatic N) is 1. The number of carbonyl (C=O) groups is 2. The molecule has 0 saturated heterocycles. The summed E-state index contributed by atoms with van der Waals surface area (Å²) < 4.78 is 50.7. The highest BCUT2D eigenvalue weighted by atomic mass is 32.1. The molecule has 1 aliphatic rings. The second-order valence-electron chi connectivity index (χ2n) is 8.46. The molecular weight excluding hydrogens is 509 g/mol. The summed E-state index contributed by atoms with van der Waals surface area (Å²) in [5, 5.41) is 12.3. The van der Waals surface area contributed by atoms with E-state index in [1.54, 1.807) is 43.3 Å². The number of thiazole rings is 1. The Morgan fingerprint density at radius 1 is 1.14 bits per heavy atom. The second-order valence-corrected chi connectivity index (χ2v) is 9.49. The van der Waals surface area contributed by atoms with Gasteiger partial charge in [-0.2, -0.15) is 13.2 Å². The number of aliphatic carboxylic acids is 1. The average molecular weight is 529 g/mol. The number of carbonyl (C=O) groups excluding carboxylic acids is 1. The molecule has 7 nitrogen and oxygen atoms in total. The fraction of sp³-hybridized carbons (Fsp3) is 0.192. The molecule has 1 unspecified atom stereocenters. The number of rotatable bonds is 5. The Labute approximate surface area is 212 Å². The smallest absolute Gasteiger partial charge is 0.416 e. The van der Waals surface area contributed by atoms with E-state index in [0.29, 0.717) is 51.6 Å². The number of fused-ring (bicyclic) bond motifs is 2. The van der Waals surface area contributed by atoms with Crippen LogP contribution in [0, 0.1) is 6.92 Å². The van der Waals surface area contributed by atoms with Crippen molar-refractivity contribution in [2.45, 2.75) is 25.4 Å². The quantitative estimate of drug-likeness (QED) is 0.302. The van der Waals surface area contributed by atoms with Crippen LogP contribution < -0.4 is 14.8 Å². The molecule has 0 saturated carbocycles. The van der Waals surface area contributed by atoms with Gasteiger partial charge in [-0.3, -0.25) is 14.9 Å². The fourth-order valence-electron chi connectivity index (χ4n) is 4.02. The van der Waals surface area contributed by atoms with Gasteiger partial charge in [0.1, 0.15) is 17.2 Å². The van der Waals surface area contributed by atoms with E-state index in [1.807, 2.05) is 0 Å². The molecule has 5 rings (SSSR count). The van der Waals surface area contributed by atoms with Crippen LogP contribution in [-0.2, 0) is 11.0 Å². The zero-order valence-electron chi connectivity index (χ0n) is 19.3. The van der Waals surface area contributed by atoms with E-state index in [9.17, 15) is 27.9 Å². The van der Waals surface area contributed by atoms with Crippen LogP contribution in [0.3, 0.4) is 0 Å². The van der Waals surface area contributed by atoms with E-state index in [0.717, 1.165) is 29.0 Å². The van der Waals surface area contributed by atoms with E-state index in [1.165, 1.54) is 6.07 Å². The maximum absolute atomic E-state index is 12.9. The fourth-order valence-corrected chi connectivity index (χ4v) is 4.92. The number of anilines is 1. The number of aryl methyl sites for hydroxylation is 1. The van der Waals surface area contributed by atoms with Crippen molar-refractivity contribution in [2.24, 2.45) is 0 Å². The van der Waals surface area contributed by atoms with Crippen LogP contribution in [0.4, 0.5) is 18.3 Å². The third kappa shape index (κ3) is 5.08. The summed E-state index contributed by atoms with van der Waals surface area (Å²) in [7, 11) is 0. The van der Waals surface area contributed by atoms with Gasteiger partial charge >= 0.3 is 12.1 Å². The first-order valence-electron chi connectivity index (χ1n) is 11.2. The van der Waals surface area contributed by atoms with E-state index in [-0.39, 0.29) is 5.13 Å². The third-order valence-electron chi connectivity index (χ3n) is 5.93. The van der Waals surface area contributed by atoms with E-state index in [2.05, 4.69) is 10.3 Å². The minimum atomic E-state index is -4.46. The zero-order chi connectivity index (χ0) is 26.3. The van der Waals surface area contributed by atoms with Crippen LogP contribution in [0.1, 0.15) is 39.4 Å². The summed E-state index contributed by atoms with van der Waals surface area (Å²) in [4.78, 5) is 28.4. The lowest BCUT2D eigenvalue weighted by Crippen LogP contribution is -2.21. The van der Waals surface area contributed by atoms with Crippen molar-refractivity contribution in [1.29, 1.82) is 0 Å². The maximum Gasteiger partial charge on any atom is 0.416 e. The Morgan fingerprint density at radius 2 is 1.89 bits per heavy atom. The summed E-state index contributed by atoms with van der Waals surface area (Å²) in [6.07, 6.45) is -4.06. The van der Waals surface area contributed by atoms with Gasteiger partial charge in [-0.05, 0) is 67.4 Å². The molecule has 190 valence electrons. The number of hydrogen-bond donors (Lipinski definition) is 2. The van der Waals surface area contributed by atoms with Crippen molar-refractivity contribution in [3.05, 3.63) is 76.9 Å². The normalized spacial score (nSPS) is 15.1. The molecule has 0 bridgehead atoms. The summed E-state index contributed by atoms with van der Waals surface area (Å²) >= 11 is 0.954. The Bertz CT molecular complexity index is 1520. The van der Waals surface area contributed by atoms with Gasteiger partial charge in [0.2, 0.25) is 0 Å². The largest absolute Gasteiger partial charge is 0.493 e. The van der Waals surface area contributed by atoms with Gasteiger partial charge in [0, 0.05) is 17.2 Å². The summed E-state index contributed by atoms with van der Waals surface area (Å²) in [5.74, 6) is -0.590. The molecule has 0 aliphatic carbocycles. The van der Waals surface area contributed by atoms with Gasteiger partial charge in [-0.1, -0.05) is 11.3 Å². The molecule has 0 fully saturated rings. The molecule has 1 atom stereocenters. The van der Waals surface area contributed by atoms with Crippen LogP contribution in [-0.4, -0.2) is 28.6 Å². The molecule has 0 spiro atoms. The highest BCUT2D eigenvalue weighted by Crippen LogP contribution is 2.40. The van der Waals surface area contributed by atoms with Crippen LogP contribution >= 0.6 is 11.3 Å². The summed E-state index contributed by atoms with van der Waals surface area (Å²) in [5.41, 5.74) is 1.23. The number of nitrogens with one attached hydrogen (secondary N) is 1. The summed E-state index contributed by atoms with van der Waals surface area (Å²) in [6.45, 7) is 2.11. The minimum absolute atomic E-state index is 0.184. The van der Waals surface area contributed by atoms with Gasteiger partial charge in [-0.25, -0.2) is 4.98 Å². The van der Waals surface area contributed by atoms with Crippen molar-refractivity contribution in [2.75, 3.05) is 11.9 Å². The number of halogens is 3. The first kappa shape index (κ1) is 24.6. The van der Waals surface area contributed by atoms with Crippen LogP contribution in [0.25, 0.3) is 10.2 Å². The topological polar surface area (TPSA) is 97.8 Å². The molecule has 2 N–H and O–H groups in total. The van der Waals surface area contributed by atoms with Gasteiger partial charge in [0.15, 0.2) is 5.13 Å². The number of benzene rings is 3. The molecule has 4 aromatic rings. The predicted molar refractivity (Wildman–Crippen MR) is 131 cm³/mol. The predicted octanol–water partition coefficient (Wildman–Crippen LogP) is 6.62. The highest BCUT2D eigenvalue weighted by molar-refractivity contribution is 7.22. The lowest BCUT2D eigenvalue weighted by Gasteiger charge is -2.24. The number of carboxylic acid groups (broad SMARTS) is 1. The number of aromatic nitrogens is 1. The van der Waals surface area contributed by atoms with Gasteiger partial charge in [-0.15, -0.1) is 0 Å². The van der Waals surface area contributed by atoms with Crippen molar-refractivity contribution in [1.82, 2.24) is 4.98 Å². The number of hydrogen-bond acceptors (Lipinski definition) is 6. The Balaban J connectivity index is 1.29. The second kappa shape index (κ2) is 9.40. The SMILES string of the molecule is Cc1cc2c(cc1Oc1ccc(C(=O)Nc3nc4ccc(C(F)(F)F)cc4s3)cc1)OCCC2C(=O)O. The molecule has 11 heteroatoms. The van der Waals surface area contributed by atoms with E-state index >= 15 is 0 Å². The van der Waals surface area contributed by atoms with Crippen molar-refractivity contribution in [3.63, 3.8) is 0 Å². The Morgan fingerprint density at radius 3 is 2.59 bits per heavy atom. The van der Waals surface area contributed by atoms with Crippen molar-refractivity contribution >= 4 is 38.6 Å². The van der Waals surface area contributed by atoms with Crippen LogP contribution in [0.15, 0.2) is 54.6 Å². The van der Waals surface area contributed by atoms with Crippen LogP contribution in [0.2, 0.25) is 0 Å². The molecule has 1 amide bonds. The van der Waals surface area contributed by atoms with Gasteiger partial charge in [0.25, 0.3) is 5.91 Å². The van der Waals surface area contributed by atoms with Crippen LogP contribution in [0.5, 0.6) is 17.2 Å². The molecule has 2 heterocycles. The molecule has 3 aromatic carbocycles. The molecule has 37 heavy (non-hydrogen) atoms. The minimum Gasteiger partial charge on any atom is -0.493 e. The zero-order valence-corrected chi connectivity index (χ0v) is 20.1. The first-order chi connectivity index (χ1) is 17.6. The molecule has 1 aromatic heterocycles. The summed E-state index contributed by atoms with van der Waals surface area (Å²) in [6, 6.07) is 12.9. The van der Waals surface area contributed by atoms with E-state index in [4.69, 9.17) is 9.47 Å². The maximum atomic E-state index is 12.9. The number of alkyl halides is 3. The lowest BCUT2D eigenvalue weighted by atomic mass is 9.92. The van der Waals surface area contributed by atoms with Gasteiger partial charge < -0.3 is 14.6 Å². The van der Waals surface area contributed by atoms with Crippen molar-refractivity contribution < 1.29 is 37.3 Å². The lowest BCUT2D eigenvalue weighted by molar-refractivity contribution is -0.139. The standard InChI is InChI=1S/C26H19F3N2O5S/c1-13-10-18-17(24(33)34)8-9-35-21(18)12-20(13)36-16-5-2-14(3-6-16)23(32)31-25-30-19-7-4-15(26(27,28)29)11-22(19)37-25/h2-7,10-12,17H,8-9H2,1H3,(H,33,34)(H,30,31,32). The monoisotopic (exact) mass is 528 g/mol. The first-order valence-corrected chi connectivity index (χ1v) is 12.0. The molecule has 0 radical (unpaired) electrons. The average Bonchev–Trinajstić information content (AvgIpc) is 3.25. The van der Waals surface area contributed by atoms with Gasteiger partial charge in [0.05, 0.1) is 28.3 Å². The Hall–Kier alpha value is -4.12. The molecular formula is C26H19F3N2O5S. The van der Waals surface area contributed by atoms with E-state index < -0.39 is 29.5 Å². The number of ether oxygens (including phenoxy) is 2. The highest BCUT2D eigenvalue weighted by Gasteiger charge is 2.31. The molecule has 1 aliphatic heterocycles.